The summed E-state index contributed by atoms with van der Waals surface area (Å²) in [7, 11) is 1.96. The van der Waals surface area contributed by atoms with Crippen molar-refractivity contribution in [1.82, 2.24) is 10.3 Å². The summed E-state index contributed by atoms with van der Waals surface area (Å²) in [6.07, 6.45) is 0. The van der Waals surface area contributed by atoms with Crippen LogP contribution >= 0.6 is 43.2 Å². The van der Waals surface area contributed by atoms with Crippen molar-refractivity contribution in [2.75, 3.05) is 7.05 Å². The number of thiophene rings is 1. The van der Waals surface area contributed by atoms with Gasteiger partial charge in [-0.2, -0.15) is 11.3 Å². The number of nitrogens with zero attached hydrogens (tertiary/aromatic N) is 1. The molecule has 3 aromatic rings. The lowest BCUT2D eigenvalue weighted by Gasteiger charge is -2.17. The number of nitrogens with one attached hydrogen (secondary N) is 1. The number of aromatic nitrogens is 1. The van der Waals surface area contributed by atoms with Gasteiger partial charge in [0.15, 0.2) is 0 Å². The molecule has 0 spiro atoms. The summed E-state index contributed by atoms with van der Waals surface area (Å²) in [5.74, 6) is 0. The van der Waals surface area contributed by atoms with Gasteiger partial charge in [-0.25, -0.2) is 4.98 Å². The van der Waals surface area contributed by atoms with E-state index >= 15 is 0 Å². The van der Waals surface area contributed by atoms with Crippen LogP contribution in [0.3, 0.4) is 0 Å². The minimum atomic E-state index is 0.0645. The zero-order valence-corrected chi connectivity index (χ0v) is 14.7. The summed E-state index contributed by atoms with van der Waals surface area (Å²) in [6.45, 7) is 0. The second kappa shape index (κ2) is 5.93. The SMILES string of the molecule is CNC(c1cscc1Br)c1nc2ccccc2cc1Br. The number of fused-ring (bicyclic) bond motifs is 1. The number of hydrogen-bond acceptors (Lipinski definition) is 3. The molecular formula is C15H12Br2N2S. The maximum atomic E-state index is 4.82. The van der Waals surface area contributed by atoms with Gasteiger partial charge in [0, 0.05) is 25.3 Å². The molecule has 2 heterocycles. The average Bonchev–Trinajstić information content (AvgIpc) is 2.87. The van der Waals surface area contributed by atoms with E-state index < -0.39 is 0 Å². The fourth-order valence-electron chi connectivity index (χ4n) is 2.24. The van der Waals surface area contributed by atoms with E-state index in [1.165, 1.54) is 5.56 Å². The Morgan fingerprint density at radius 3 is 2.65 bits per heavy atom. The molecule has 0 amide bonds. The van der Waals surface area contributed by atoms with Gasteiger partial charge in [0.1, 0.15) is 0 Å². The van der Waals surface area contributed by atoms with Crippen LogP contribution in [-0.2, 0) is 0 Å². The molecule has 20 heavy (non-hydrogen) atoms. The first-order chi connectivity index (χ1) is 9.70. The van der Waals surface area contributed by atoms with Gasteiger partial charge in [-0.3, -0.25) is 0 Å². The molecule has 1 atom stereocenters. The minimum Gasteiger partial charge on any atom is -0.308 e. The molecule has 1 aromatic carbocycles. The summed E-state index contributed by atoms with van der Waals surface area (Å²) in [5, 5.41) is 8.73. The number of pyridine rings is 1. The monoisotopic (exact) mass is 410 g/mol. The van der Waals surface area contributed by atoms with Crippen LogP contribution in [0.2, 0.25) is 0 Å². The van der Waals surface area contributed by atoms with Crippen LogP contribution in [0.5, 0.6) is 0 Å². The smallest absolute Gasteiger partial charge is 0.0779 e. The average molecular weight is 412 g/mol. The van der Waals surface area contributed by atoms with Crippen molar-refractivity contribution in [3.63, 3.8) is 0 Å². The van der Waals surface area contributed by atoms with Crippen molar-refractivity contribution < 1.29 is 0 Å². The number of hydrogen-bond donors (Lipinski definition) is 1. The first kappa shape index (κ1) is 14.2. The highest BCUT2D eigenvalue weighted by molar-refractivity contribution is 9.10. The van der Waals surface area contributed by atoms with E-state index in [0.717, 1.165) is 25.5 Å². The number of halogens is 2. The van der Waals surface area contributed by atoms with Gasteiger partial charge < -0.3 is 5.32 Å². The highest BCUT2D eigenvalue weighted by Crippen LogP contribution is 2.34. The topological polar surface area (TPSA) is 24.9 Å². The van der Waals surface area contributed by atoms with Gasteiger partial charge in [-0.1, -0.05) is 18.2 Å². The van der Waals surface area contributed by atoms with Crippen molar-refractivity contribution in [3.8, 4) is 0 Å². The second-order valence-electron chi connectivity index (χ2n) is 4.44. The van der Waals surface area contributed by atoms with E-state index in [2.05, 4.69) is 60.1 Å². The van der Waals surface area contributed by atoms with Crippen LogP contribution in [0.1, 0.15) is 17.3 Å². The maximum absolute atomic E-state index is 4.82. The molecule has 2 aromatic heterocycles. The van der Waals surface area contributed by atoms with E-state index in [1.807, 2.05) is 25.2 Å². The number of para-hydroxylation sites is 1. The Balaban J connectivity index is 2.17. The third-order valence-corrected chi connectivity index (χ3v) is 5.61. The highest BCUT2D eigenvalue weighted by Gasteiger charge is 2.20. The first-order valence-electron chi connectivity index (χ1n) is 6.14. The summed E-state index contributed by atoms with van der Waals surface area (Å²) >= 11 is 8.95. The van der Waals surface area contributed by atoms with E-state index in [9.17, 15) is 0 Å². The third-order valence-electron chi connectivity index (χ3n) is 3.22. The standard InChI is InChI=1S/C15H12Br2N2S/c1-18-14(10-7-20-8-12(10)17)15-11(16)6-9-4-2-3-5-13(9)19-15/h2-8,14,18H,1H3. The molecule has 0 radical (unpaired) electrons. The first-order valence-corrected chi connectivity index (χ1v) is 8.67. The summed E-state index contributed by atoms with van der Waals surface area (Å²) in [5.41, 5.74) is 3.23. The Labute approximate surface area is 138 Å². The van der Waals surface area contributed by atoms with Gasteiger partial charge in [0.05, 0.1) is 17.3 Å². The zero-order valence-electron chi connectivity index (χ0n) is 10.7. The Morgan fingerprint density at radius 2 is 1.95 bits per heavy atom. The van der Waals surface area contributed by atoms with Crippen molar-refractivity contribution in [3.05, 3.63) is 61.3 Å². The minimum absolute atomic E-state index is 0.0645. The molecule has 0 saturated carbocycles. The van der Waals surface area contributed by atoms with Crippen molar-refractivity contribution >= 4 is 54.1 Å². The molecule has 0 bridgehead atoms. The Morgan fingerprint density at radius 1 is 1.15 bits per heavy atom. The molecule has 5 heteroatoms. The third kappa shape index (κ3) is 2.55. The number of benzene rings is 1. The van der Waals surface area contributed by atoms with E-state index in [-0.39, 0.29) is 6.04 Å². The predicted octanol–water partition coefficient (Wildman–Crippen LogP) is 5.13. The van der Waals surface area contributed by atoms with Gasteiger partial charge in [0.25, 0.3) is 0 Å². The zero-order chi connectivity index (χ0) is 14.1. The van der Waals surface area contributed by atoms with Gasteiger partial charge in [0.2, 0.25) is 0 Å². The Kier molecular flexibility index (Phi) is 4.21. The number of rotatable bonds is 3. The normalized spacial score (nSPS) is 12.8. The van der Waals surface area contributed by atoms with E-state index in [4.69, 9.17) is 4.98 Å². The molecule has 0 fully saturated rings. The fraction of sp³-hybridized carbons (Fsp3) is 0.133. The molecule has 3 rings (SSSR count). The van der Waals surface area contributed by atoms with Crippen LogP contribution < -0.4 is 5.32 Å². The predicted molar refractivity (Wildman–Crippen MR) is 92.4 cm³/mol. The largest absolute Gasteiger partial charge is 0.308 e. The Hall–Kier alpha value is -0.750. The molecule has 102 valence electrons. The fourth-order valence-corrected chi connectivity index (χ4v) is 4.36. The molecule has 0 aliphatic rings. The second-order valence-corrected chi connectivity index (χ2v) is 6.90. The lowest BCUT2D eigenvalue weighted by Crippen LogP contribution is -2.19. The van der Waals surface area contributed by atoms with Crippen LogP contribution in [0.15, 0.2) is 50.0 Å². The molecule has 0 aliphatic heterocycles. The quantitative estimate of drug-likeness (QED) is 0.646. The van der Waals surface area contributed by atoms with Crippen molar-refractivity contribution in [2.45, 2.75) is 6.04 Å². The van der Waals surface area contributed by atoms with Crippen LogP contribution in [0.4, 0.5) is 0 Å². The summed E-state index contributed by atoms with van der Waals surface area (Å²) in [4.78, 5) is 4.82. The molecular weight excluding hydrogens is 400 g/mol. The molecule has 1 N–H and O–H groups in total. The maximum Gasteiger partial charge on any atom is 0.0779 e. The van der Waals surface area contributed by atoms with Gasteiger partial charge in [-0.05, 0) is 56.4 Å². The van der Waals surface area contributed by atoms with Crippen molar-refractivity contribution in [1.29, 1.82) is 0 Å². The lowest BCUT2D eigenvalue weighted by molar-refractivity contribution is 0.670. The summed E-state index contributed by atoms with van der Waals surface area (Å²) < 4.78 is 2.14. The molecule has 2 nitrogen and oxygen atoms in total. The van der Waals surface area contributed by atoms with Crippen LogP contribution in [-0.4, -0.2) is 12.0 Å². The van der Waals surface area contributed by atoms with Gasteiger partial charge in [-0.15, -0.1) is 0 Å². The van der Waals surface area contributed by atoms with Crippen molar-refractivity contribution in [2.24, 2.45) is 0 Å². The highest BCUT2D eigenvalue weighted by atomic mass is 79.9. The van der Waals surface area contributed by atoms with Crippen LogP contribution in [0.25, 0.3) is 10.9 Å². The van der Waals surface area contributed by atoms with Crippen LogP contribution in [0, 0.1) is 0 Å². The molecule has 0 aliphatic carbocycles. The van der Waals surface area contributed by atoms with E-state index in [0.29, 0.717) is 0 Å². The summed E-state index contributed by atoms with van der Waals surface area (Å²) in [6, 6.07) is 10.4. The van der Waals surface area contributed by atoms with Gasteiger partial charge >= 0.3 is 0 Å². The molecule has 1 unspecified atom stereocenters. The molecule has 0 saturated heterocycles. The van der Waals surface area contributed by atoms with E-state index in [1.54, 1.807) is 11.3 Å². The Bertz CT molecular complexity index is 754. The lowest BCUT2D eigenvalue weighted by atomic mass is 10.1.